The van der Waals surface area contributed by atoms with Crippen LogP contribution >= 0.6 is 11.3 Å². The molecule has 0 radical (unpaired) electrons. The van der Waals surface area contributed by atoms with E-state index in [2.05, 4.69) is 11.4 Å². The number of anilines is 1. The average Bonchev–Trinajstić information content (AvgIpc) is 3.37. The minimum absolute atomic E-state index is 0.0407. The third kappa shape index (κ3) is 6.35. The molecule has 0 unspecified atom stereocenters. The summed E-state index contributed by atoms with van der Waals surface area (Å²) < 4.78 is 0. The zero-order valence-electron chi connectivity index (χ0n) is 19.0. The number of rotatable bonds is 6. The maximum Gasteiger partial charge on any atom is 0.320 e. The molecule has 8 heteroatoms. The van der Waals surface area contributed by atoms with Crippen LogP contribution in [-0.2, 0) is 11.2 Å². The van der Waals surface area contributed by atoms with E-state index in [1.807, 2.05) is 27.3 Å². The zero-order valence-corrected chi connectivity index (χ0v) is 19.8. The monoisotopic (exact) mass is 468 g/mol. The first-order valence-electron chi connectivity index (χ1n) is 11.9. The number of carbonyl (C=O) groups is 3. The van der Waals surface area contributed by atoms with Crippen molar-refractivity contribution in [3.8, 4) is 0 Å². The molecule has 0 bridgehead atoms. The molecule has 0 saturated carbocycles. The van der Waals surface area contributed by atoms with E-state index in [4.69, 9.17) is 0 Å². The molecule has 0 atom stereocenters. The Morgan fingerprint density at radius 2 is 1.58 bits per heavy atom. The molecule has 0 aliphatic carbocycles. The van der Waals surface area contributed by atoms with E-state index >= 15 is 0 Å². The first-order chi connectivity index (χ1) is 16.1. The van der Waals surface area contributed by atoms with E-state index in [1.54, 1.807) is 34.4 Å². The van der Waals surface area contributed by atoms with Gasteiger partial charge in [0.1, 0.15) is 0 Å². The smallest absolute Gasteiger partial charge is 0.320 e. The van der Waals surface area contributed by atoms with Crippen LogP contribution in [0.5, 0.6) is 0 Å². The third-order valence-corrected chi connectivity index (χ3v) is 7.20. The van der Waals surface area contributed by atoms with Crippen molar-refractivity contribution in [2.45, 2.75) is 38.5 Å². The van der Waals surface area contributed by atoms with E-state index < -0.39 is 0 Å². The summed E-state index contributed by atoms with van der Waals surface area (Å²) in [6, 6.07) is 11.3. The van der Waals surface area contributed by atoms with Crippen LogP contribution in [0.4, 0.5) is 10.5 Å². The van der Waals surface area contributed by atoms with Crippen molar-refractivity contribution in [3.63, 3.8) is 0 Å². The number of nitrogens with zero attached hydrogens (tertiary/aromatic N) is 3. The summed E-state index contributed by atoms with van der Waals surface area (Å²) in [6.45, 7) is 3.84. The minimum atomic E-state index is -0.0612. The number of nitrogens with one attached hydrogen (secondary N) is 1. The highest BCUT2D eigenvalue weighted by molar-refractivity contribution is 7.09. The van der Waals surface area contributed by atoms with E-state index in [-0.39, 0.29) is 17.8 Å². The van der Waals surface area contributed by atoms with Crippen LogP contribution in [0.15, 0.2) is 41.8 Å². The third-order valence-electron chi connectivity index (χ3n) is 6.26. The highest BCUT2D eigenvalue weighted by Gasteiger charge is 2.28. The van der Waals surface area contributed by atoms with Crippen LogP contribution in [-0.4, -0.2) is 71.8 Å². The van der Waals surface area contributed by atoms with Gasteiger partial charge < -0.3 is 20.0 Å². The lowest BCUT2D eigenvalue weighted by molar-refractivity contribution is -0.116. The van der Waals surface area contributed by atoms with Crippen molar-refractivity contribution in [2.24, 2.45) is 0 Å². The quantitative estimate of drug-likeness (QED) is 0.695. The molecule has 3 heterocycles. The van der Waals surface area contributed by atoms with Gasteiger partial charge in [0.25, 0.3) is 5.91 Å². The van der Waals surface area contributed by atoms with Crippen LogP contribution in [0.25, 0.3) is 0 Å². The Hall–Kier alpha value is -2.87. The summed E-state index contributed by atoms with van der Waals surface area (Å²) in [7, 11) is 0. The summed E-state index contributed by atoms with van der Waals surface area (Å²) >= 11 is 1.71. The van der Waals surface area contributed by atoms with Crippen molar-refractivity contribution < 1.29 is 14.4 Å². The fraction of sp³-hybridized carbons (Fsp3) is 0.480. The van der Waals surface area contributed by atoms with Gasteiger partial charge in [0.05, 0.1) is 0 Å². The van der Waals surface area contributed by atoms with Gasteiger partial charge in [0, 0.05) is 61.8 Å². The fourth-order valence-corrected chi connectivity index (χ4v) is 5.15. The molecule has 2 fully saturated rings. The van der Waals surface area contributed by atoms with E-state index in [0.29, 0.717) is 43.9 Å². The Bertz CT molecular complexity index is 948. The first-order valence-corrected chi connectivity index (χ1v) is 12.7. The molecule has 2 aromatic rings. The maximum atomic E-state index is 13.0. The lowest BCUT2D eigenvalue weighted by Gasteiger charge is -2.38. The predicted octanol–water partition coefficient (Wildman–Crippen LogP) is 4.07. The zero-order chi connectivity index (χ0) is 23.0. The van der Waals surface area contributed by atoms with Gasteiger partial charge in [-0.25, -0.2) is 4.79 Å². The van der Waals surface area contributed by atoms with Crippen molar-refractivity contribution in [1.29, 1.82) is 0 Å². The van der Waals surface area contributed by atoms with Crippen LogP contribution in [0.1, 0.15) is 47.3 Å². The van der Waals surface area contributed by atoms with Crippen molar-refractivity contribution in [1.82, 2.24) is 14.7 Å². The summed E-state index contributed by atoms with van der Waals surface area (Å²) in [6.07, 6.45) is 5.49. The molecular weight excluding hydrogens is 436 g/mol. The number of hydrogen-bond donors (Lipinski definition) is 1. The first kappa shape index (κ1) is 23.3. The molecule has 4 amide bonds. The molecule has 33 heavy (non-hydrogen) atoms. The number of urea groups is 1. The van der Waals surface area contributed by atoms with Gasteiger partial charge in [-0.15, -0.1) is 11.3 Å². The van der Waals surface area contributed by atoms with Crippen molar-refractivity contribution >= 4 is 34.9 Å². The van der Waals surface area contributed by atoms with E-state index in [1.165, 1.54) is 11.3 Å². The number of hydrogen-bond acceptors (Lipinski definition) is 4. The number of amides is 4. The van der Waals surface area contributed by atoms with Crippen molar-refractivity contribution in [3.05, 3.63) is 52.2 Å². The molecule has 1 N–H and O–H groups in total. The summed E-state index contributed by atoms with van der Waals surface area (Å²) in [5.41, 5.74) is 1.20. The van der Waals surface area contributed by atoms with Crippen LogP contribution in [0.3, 0.4) is 0 Å². The Morgan fingerprint density at radius 3 is 2.30 bits per heavy atom. The summed E-state index contributed by atoms with van der Waals surface area (Å²) in [5, 5.41) is 4.96. The van der Waals surface area contributed by atoms with Gasteiger partial charge in [-0.05, 0) is 61.7 Å². The average molecular weight is 469 g/mol. The van der Waals surface area contributed by atoms with Crippen LogP contribution in [0, 0.1) is 0 Å². The second-order valence-electron chi connectivity index (χ2n) is 8.67. The Kier molecular flexibility index (Phi) is 7.99. The molecule has 1 aromatic carbocycles. The second-order valence-corrected chi connectivity index (χ2v) is 9.70. The molecule has 176 valence electrons. The molecular formula is C25H32N4O3S. The number of piperidine rings is 1. The normalized spacial score (nSPS) is 16.5. The molecule has 1 aromatic heterocycles. The molecule has 2 saturated heterocycles. The van der Waals surface area contributed by atoms with Crippen LogP contribution in [0.2, 0.25) is 0 Å². The highest BCUT2D eigenvalue weighted by Crippen LogP contribution is 2.17. The number of likely N-dealkylation sites (tertiary alicyclic amines) is 1. The lowest BCUT2D eigenvalue weighted by Crippen LogP contribution is -2.54. The van der Waals surface area contributed by atoms with Crippen molar-refractivity contribution in [2.75, 3.05) is 44.6 Å². The molecule has 4 rings (SSSR count). The number of thiophene rings is 1. The lowest BCUT2D eigenvalue weighted by atomic mass is 10.1. The molecule has 7 nitrogen and oxygen atoms in total. The summed E-state index contributed by atoms with van der Waals surface area (Å²) in [5.74, 6) is -0.102. The largest absolute Gasteiger partial charge is 0.335 e. The SMILES string of the molecule is O=C(CCCc1cccs1)Nc1cccc(C(=O)N2CCN(C(=O)N3CCCCC3)CC2)c1. The van der Waals surface area contributed by atoms with Gasteiger partial charge >= 0.3 is 6.03 Å². The predicted molar refractivity (Wildman–Crippen MR) is 131 cm³/mol. The van der Waals surface area contributed by atoms with Gasteiger partial charge in [0.2, 0.25) is 5.91 Å². The number of benzene rings is 1. The molecule has 0 spiro atoms. The van der Waals surface area contributed by atoms with Gasteiger partial charge in [-0.2, -0.15) is 0 Å². The van der Waals surface area contributed by atoms with Gasteiger partial charge in [-0.1, -0.05) is 12.1 Å². The number of carbonyl (C=O) groups excluding carboxylic acids is 3. The van der Waals surface area contributed by atoms with Gasteiger partial charge in [-0.3, -0.25) is 9.59 Å². The van der Waals surface area contributed by atoms with Gasteiger partial charge in [0.15, 0.2) is 0 Å². The highest BCUT2D eigenvalue weighted by atomic mass is 32.1. The Balaban J connectivity index is 1.25. The van der Waals surface area contributed by atoms with E-state index in [9.17, 15) is 14.4 Å². The molecule has 2 aliphatic rings. The standard InChI is InChI=1S/C25H32N4O3S/c30-23(11-5-9-22-10-6-18-33-22)26-21-8-4-7-20(19-21)24(31)27-14-16-29(17-15-27)25(32)28-12-2-1-3-13-28/h4,6-8,10,18-19H,1-3,5,9,11-17H2,(H,26,30). The topological polar surface area (TPSA) is 73.0 Å². The minimum Gasteiger partial charge on any atom is -0.335 e. The molecule has 2 aliphatic heterocycles. The summed E-state index contributed by atoms with van der Waals surface area (Å²) in [4.78, 5) is 44.9. The van der Waals surface area contributed by atoms with E-state index in [0.717, 1.165) is 38.8 Å². The number of aryl methyl sites for hydroxylation is 1. The fourth-order valence-electron chi connectivity index (χ4n) is 4.40. The Morgan fingerprint density at radius 1 is 0.848 bits per heavy atom. The number of piperazine rings is 1. The second kappa shape index (κ2) is 11.3. The Labute approximate surface area is 199 Å². The van der Waals surface area contributed by atoms with Crippen LogP contribution < -0.4 is 5.32 Å². The maximum absolute atomic E-state index is 13.0.